The van der Waals surface area contributed by atoms with Crippen molar-refractivity contribution in [2.75, 3.05) is 0 Å². The smallest absolute Gasteiger partial charge is 0.122 e. The van der Waals surface area contributed by atoms with E-state index in [2.05, 4.69) is 4.99 Å². The number of para-hydroxylation sites is 1. The van der Waals surface area contributed by atoms with Gasteiger partial charge in [-0.2, -0.15) is 0 Å². The summed E-state index contributed by atoms with van der Waals surface area (Å²) in [5.74, 6) is 0.283. The number of rotatable bonds is 4. The molecule has 0 heterocycles. The summed E-state index contributed by atoms with van der Waals surface area (Å²) < 4.78 is 0. The molecule has 2 nitrogen and oxygen atoms in total. The van der Waals surface area contributed by atoms with Gasteiger partial charge >= 0.3 is 0 Å². The van der Waals surface area contributed by atoms with Gasteiger partial charge in [-0.15, -0.1) is 0 Å². The summed E-state index contributed by atoms with van der Waals surface area (Å²) in [7, 11) is 0. The van der Waals surface area contributed by atoms with Crippen molar-refractivity contribution in [3.8, 4) is 5.75 Å². The summed E-state index contributed by atoms with van der Waals surface area (Å²) in [6, 6.07) is 17.3. The molecule has 2 aromatic rings. The number of nitrogens with zero attached hydrogens (tertiary/aromatic N) is 1. The zero-order valence-electron chi connectivity index (χ0n) is 10.0. The van der Waals surface area contributed by atoms with E-state index in [1.165, 1.54) is 5.56 Å². The standard InChI is InChI=1S/C16H15NO/c18-16-11-5-4-9-15(16)10-6-12-17-13-14-7-2-1-3-8-14/h1-12,18H,13H2/b10-6+,17-12?. The molecule has 0 fully saturated rings. The van der Waals surface area contributed by atoms with Gasteiger partial charge in [0.1, 0.15) is 5.75 Å². The normalized spacial score (nSPS) is 11.3. The van der Waals surface area contributed by atoms with Crippen molar-refractivity contribution in [3.05, 3.63) is 71.8 Å². The molecular weight excluding hydrogens is 222 g/mol. The molecule has 0 unspecified atom stereocenters. The predicted octanol–water partition coefficient (Wildman–Crippen LogP) is 3.68. The summed E-state index contributed by atoms with van der Waals surface area (Å²) in [5.41, 5.74) is 1.98. The van der Waals surface area contributed by atoms with Crippen LogP contribution in [0.2, 0.25) is 0 Å². The molecule has 0 atom stereocenters. The lowest BCUT2D eigenvalue weighted by Crippen LogP contribution is -1.79. The number of allylic oxidation sites excluding steroid dienone is 1. The highest BCUT2D eigenvalue weighted by Gasteiger charge is 1.92. The fourth-order valence-electron chi connectivity index (χ4n) is 1.58. The molecule has 0 aromatic heterocycles. The number of benzene rings is 2. The van der Waals surface area contributed by atoms with Crippen molar-refractivity contribution in [2.24, 2.45) is 4.99 Å². The lowest BCUT2D eigenvalue weighted by atomic mass is 10.2. The Labute approximate surface area is 107 Å². The van der Waals surface area contributed by atoms with E-state index in [4.69, 9.17) is 0 Å². The molecule has 2 rings (SSSR count). The number of aromatic hydroxyl groups is 1. The highest BCUT2D eigenvalue weighted by Crippen LogP contribution is 2.16. The molecule has 0 aliphatic heterocycles. The Kier molecular flexibility index (Phi) is 4.31. The van der Waals surface area contributed by atoms with Crippen LogP contribution in [0.5, 0.6) is 5.75 Å². The van der Waals surface area contributed by atoms with Crippen molar-refractivity contribution < 1.29 is 5.11 Å². The number of hydrogen-bond acceptors (Lipinski definition) is 2. The zero-order chi connectivity index (χ0) is 12.6. The van der Waals surface area contributed by atoms with Crippen LogP contribution < -0.4 is 0 Å². The zero-order valence-corrected chi connectivity index (χ0v) is 10.0. The van der Waals surface area contributed by atoms with Gasteiger partial charge in [-0.3, -0.25) is 4.99 Å². The number of phenols is 1. The third kappa shape index (κ3) is 3.59. The monoisotopic (exact) mass is 237 g/mol. The van der Waals surface area contributed by atoms with Crippen LogP contribution in [0.25, 0.3) is 6.08 Å². The van der Waals surface area contributed by atoms with E-state index in [0.29, 0.717) is 6.54 Å². The van der Waals surface area contributed by atoms with Crippen LogP contribution in [0.3, 0.4) is 0 Å². The topological polar surface area (TPSA) is 32.6 Å². The van der Waals surface area contributed by atoms with Gasteiger partial charge in [0.05, 0.1) is 6.54 Å². The van der Waals surface area contributed by atoms with Crippen LogP contribution in [0.15, 0.2) is 65.7 Å². The van der Waals surface area contributed by atoms with Crippen LogP contribution in [-0.4, -0.2) is 11.3 Å². The van der Waals surface area contributed by atoms with Crippen LogP contribution in [0, 0.1) is 0 Å². The molecule has 2 heteroatoms. The number of aliphatic imine (C=N–C) groups is 1. The highest BCUT2D eigenvalue weighted by molar-refractivity contribution is 5.79. The van der Waals surface area contributed by atoms with Crippen molar-refractivity contribution >= 4 is 12.3 Å². The number of hydrogen-bond donors (Lipinski definition) is 1. The van der Waals surface area contributed by atoms with Crippen LogP contribution in [-0.2, 0) is 6.54 Å². The third-order valence-corrected chi connectivity index (χ3v) is 2.52. The third-order valence-electron chi connectivity index (χ3n) is 2.52. The maximum atomic E-state index is 9.55. The second kappa shape index (κ2) is 6.40. The second-order valence-electron chi connectivity index (χ2n) is 3.89. The second-order valence-corrected chi connectivity index (χ2v) is 3.89. The van der Waals surface area contributed by atoms with Gasteiger partial charge < -0.3 is 5.11 Å². The maximum absolute atomic E-state index is 9.55. The SMILES string of the molecule is Oc1ccccc1/C=C/C=NCc1ccccc1. The first-order valence-corrected chi connectivity index (χ1v) is 5.84. The van der Waals surface area contributed by atoms with Crippen molar-refractivity contribution in [1.29, 1.82) is 0 Å². The molecule has 1 N–H and O–H groups in total. The van der Waals surface area contributed by atoms with Gasteiger partial charge in [0.15, 0.2) is 0 Å². The molecule has 0 spiro atoms. The van der Waals surface area contributed by atoms with Crippen molar-refractivity contribution in [2.45, 2.75) is 6.54 Å². The van der Waals surface area contributed by atoms with Gasteiger partial charge in [-0.05, 0) is 23.8 Å². The van der Waals surface area contributed by atoms with Crippen LogP contribution in [0.4, 0.5) is 0 Å². The summed E-state index contributed by atoms with van der Waals surface area (Å²) in [6.45, 7) is 0.673. The first-order chi connectivity index (χ1) is 8.86. The molecule has 0 amide bonds. The van der Waals surface area contributed by atoms with E-state index in [1.807, 2.05) is 54.6 Å². The van der Waals surface area contributed by atoms with E-state index in [-0.39, 0.29) is 5.75 Å². The van der Waals surface area contributed by atoms with Gasteiger partial charge in [0.25, 0.3) is 0 Å². The van der Waals surface area contributed by atoms with Crippen LogP contribution in [0.1, 0.15) is 11.1 Å². The minimum absolute atomic E-state index is 0.283. The quantitative estimate of drug-likeness (QED) is 0.808. The first-order valence-electron chi connectivity index (χ1n) is 5.84. The van der Waals surface area contributed by atoms with E-state index < -0.39 is 0 Å². The average molecular weight is 237 g/mol. The Bertz CT molecular complexity index is 544. The average Bonchev–Trinajstić information content (AvgIpc) is 2.42. The number of phenolic OH excluding ortho intramolecular Hbond substituents is 1. The molecule has 0 radical (unpaired) electrons. The summed E-state index contributed by atoms with van der Waals surface area (Å²) in [6.07, 6.45) is 5.42. The van der Waals surface area contributed by atoms with Gasteiger partial charge in [0.2, 0.25) is 0 Å². The van der Waals surface area contributed by atoms with E-state index in [0.717, 1.165) is 5.56 Å². The molecule has 0 aliphatic rings. The molecule has 0 aliphatic carbocycles. The first kappa shape index (κ1) is 12.1. The summed E-state index contributed by atoms with van der Waals surface area (Å²) in [5, 5.41) is 9.55. The fraction of sp³-hybridized carbons (Fsp3) is 0.0625. The molecule has 0 saturated carbocycles. The lowest BCUT2D eigenvalue weighted by molar-refractivity contribution is 0.474. The van der Waals surface area contributed by atoms with Crippen LogP contribution >= 0.6 is 0 Å². The minimum atomic E-state index is 0.283. The van der Waals surface area contributed by atoms with E-state index in [9.17, 15) is 5.11 Å². The molecule has 0 bridgehead atoms. The van der Waals surface area contributed by atoms with Crippen molar-refractivity contribution in [1.82, 2.24) is 0 Å². The molecule has 0 saturated heterocycles. The van der Waals surface area contributed by atoms with Crippen molar-refractivity contribution in [3.63, 3.8) is 0 Å². The molecular formula is C16H15NO. The summed E-state index contributed by atoms with van der Waals surface area (Å²) >= 11 is 0. The Morgan fingerprint density at radius 2 is 1.67 bits per heavy atom. The molecule has 2 aromatic carbocycles. The Hall–Kier alpha value is -2.35. The van der Waals surface area contributed by atoms with E-state index in [1.54, 1.807) is 18.3 Å². The van der Waals surface area contributed by atoms with E-state index >= 15 is 0 Å². The highest BCUT2D eigenvalue weighted by atomic mass is 16.3. The largest absolute Gasteiger partial charge is 0.507 e. The fourth-order valence-corrected chi connectivity index (χ4v) is 1.58. The van der Waals surface area contributed by atoms with Gasteiger partial charge in [-0.25, -0.2) is 0 Å². The van der Waals surface area contributed by atoms with Gasteiger partial charge in [0, 0.05) is 11.8 Å². The Balaban J connectivity index is 1.90. The maximum Gasteiger partial charge on any atom is 0.122 e. The summed E-state index contributed by atoms with van der Waals surface area (Å²) in [4.78, 5) is 4.29. The lowest BCUT2D eigenvalue weighted by Gasteiger charge is -1.95. The van der Waals surface area contributed by atoms with Gasteiger partial charge in [-0.1, -0.05) is 48.5 Å². The Morgan fingerprint density at radius 1 is 0.944 bits per heavy atom. The predicted molar refractivity (Wildman–Crippen MR) is 75.8 cm³/mol. The molecule has 18 heavy (non-hydrogen) atoms. The molecule has 90 valence electrons. The minimum Gasteiger partial charge on any atom is -0.507 e. The Morgan fingerprint density at radius 3 is 2.44 bits per heavy atom.